The quantitative estimate of drug-likeness (QED) is 0.559. The molecule has 0 aromatic heterocycles. The number of fused-ring (bicyclic) bond motifs is 2. The molecule has 0 amide bonds. The summed E-state index contributed by atoms with van der Waals surface area (Å²) in [6.45, 7) is 7.20. The first-order valence-electron chi connectivity index (χ1n) is 9.26. The van der Waals surface area contributed by atoms with Crippen LogP contribution in [0.1, 0.15) is 57.6 Å². The van der Waals surface area contributed by atoms with E-state index in [9.17, 15) is 4.79 Å². The predicted octanol–water partition coefficient (Wildman–Crippen LogP) is 4.64. The summed E-state index contributed by atoms with van der Waals surface area (Å²) in [6.07, 6.45) is 3.90. The third kappa shape index (κ3) is 4.53. The number of aryl methyl sites for hydroxylation is 1. The van der Waals surface area contributed by atoms with Crippen LogP contribution in [-0.2, 0) is 26.3 Å². The lowest BCUT2D eigenvalue weighted by atomic mass is 9.87. The van der Waals surface area contributed by atoms with Gasteiger partial charge >= 0.3 is 5.97 Å². The number of hydrogen-bond donors (Lipinski definition) is 1. The molecule has 0 saturated carbocycles. The van der Waals surface area contributed by atoms with Crippen molar-refractivity contribution >= 4 is 29.2 Å². The largest absolute Gasteiger partial charge is 0.460 e. The maximum atomic E-state index is 11.9. The van der Waals surface area contributed by atoms with E-state index >= 15 is 0 Å². The summed E-state index contributed by atoms with van der Waals surface area (Å²) < 4.78 is 11.5. The Labute approximate surface area is 165 Å². The van der Waals surface area contributed by atoms with Gasteiger partial charge in [-0.1, -0.05) is 23.2 Å². The first-order chi connectivity index (χ1) is 12.2. The van der Waals surface area contributed by atoms with Crippen LogP contribution >= 0.6 is 23.2 Å². The van der Waals surface area contributed by atoms with Gasteiger partial charge < -0.3 is 14.8 Å². The van der Waals surface area contributed by atoms with Gasteiger partial charge in [0.15, 0.2) is 0 Å². The third-order valence-electron chi connectivity index (χ3n) is 4.95. The Morgan fingerprint density at radius 3 is 2.62 bits per heavy atom. The molecule has 144 valence electrons. The van der Waals surface area contributed by atoms with Gasteiger partial charge in [-0.2, -0.15) is 0 Å². The molecule has 2 aliphatic heterocycles. The number of ether oxygens (including phenoxy) is 2. The minimum atomic E-state index is -0.432. The number of carbonyl (C=O) groups is 1. The van der Waals surface area contributed by atoms with E-state index in [0.717, 1.165) is 50.0 Å². The van der Waals surface area contributed by atoms with Crippen LogP contribution in [0.2, 0.25) is 10.0 Å². The molecule has 26 heavy (non-hydrogen) atoms. The van der Waals surface area contributed by atoms with Crippen molar-refractivity contribution in [1.82, 2.24) is 5.32 Å². The monoisotopic (exact) mass is 399 g/mol. The second-order valence-corrected chi connectivity index (χ2v) is 9.12. The highest BCUT2D eigenvalue weighted by atomic mass is 35.5. The standard InChI is InChI=1S/C20H27Cl2NO3/c1-19(2,3)26-18(24)7-5-4-6-13-8-16(21)17(22)9-15(13)20-10-14(11-25-20)23-12-20/h8-9,14,23H,4-7,10-12H2,1-3H3. The van der Waals surface area contributed by atoms with Crippen LogP contribution in [0.5, 0.6) is 0 Å². The van der Waals surface area contributed by atoms with Gasteiger partial charge in [-0.05, 0) is 69.7 Å². The molecule has 2 atom stereocenters. The average molecular weight is 400 g/mol. The van der Waals surface area contributed by atoms with Crippen molar-refractivity contribution < 1.29 is 14.3 Å². The minimum absolute atomic E-state index is 0.146. The first-order valence-corrected chi connectivity index (χ1v) is 10.0. The number of morpholine rings is 1. The van der Waals surface area contributed by atoms with Gasteiger partial charge in [-0.25, -0.2) is 0 Å². The molecule has 0 spiro atoms. The molecule has 2 fully saturated rings. The highest BCUT2D eigenvalue weighted by Crippen LogP contribution is 2.44. The maximum Gasteiger partial charge on any atom is 0.306 e. The molecule has 3 rings (SSSR count). The molecule has 1 aromatic carbocycles. The highest BCUT2D eigenvalue weighted by molar-refractivity contribution is 6.42. The van der Waals surface area contributed by atoms with Gasteiger partial charge in [0.05, 0.1) is 16.7 Å². The Hall–Kier alpha value is -0.810. The van der Waals surface area contributed by atoms with Gasteiger partial charge in [0.25, 0.3) is 0 Å². The number of nitrogens with one attached hydrogen (secondary N) is 1. The zero-order valence-corrected chi connectivity index (χ0v) is 17.2. The number of rotatable bonds is 6. The van der Waals surface area contributed by atoms with Crippen molar-refractivity contribution in [3.05, 3.63) is 33.3 Å². The van der Waals surface area contributed by atoms with Crippen molar-refractivity contribution in [2.24, 2.45) is 0 Å². The van der Waals surface area contributed by atoms with Crippen LogP contribution in [0.3, 0.4) is 0 Å². The number of unbranched alkanes of at least 4 members (excludes halogenated alkanes) is 1. The molecule has 2 bridgehead atoms. The second kappa shape index (κ2) is 7.67. The fraction of sp³-hybridized carbons (Fsp3) is 0.650. The van der Waals surface area contributed by atoms with Gasteiger partial charge in [0.1, 0.15) is 11.2 Å². The predicted molar refractivity (Wildman–Crippen MR) is 104 cm³/mol. The van der Waals surface area contributed by atoms with Crippen LogP contribution in [0.25, 0.3) is 0 Å². The normalized spacial score (nSPS) is 24.9. The average Bonchev–Trinajstić information content (AvgIpc) is 3.14. The molecule has 0 aliphatic carbocycles. The van der Waals surface area contributed by atoms with Crippen molar-refractivity contribution in [2.75, 3.05) is 13.2 Å². The smallest absolute Gasteiger partial charge is 0.306 e. The summed E-state index contributed by atoms with van der Waals surface area (Å²) in [5, 5.41) is 4.63. The van der Waals surface area contributed by atoms with Crippen LogP contribution in [-0.4, -0.2) is 30.8 Å². The van der Waals surface area contributed by atoms with Crippen molar-refractivity contribution in [1.29, 1.82) is 0 Å². The van der Waals surface area contributed by atoms with E-state index in [-0.39, 0.29) is 11.6 Å². The molecule has 1 aromatic rings. The van der Waals surface area contributed by atoms with Gasteiger partial charge in [-0.15, -0.1) is 0 Å². The SMILES string of the molecule is CC(C)(C)OC(=O)CCCCc1cc(Cl)c(Cl)cc1C12CNC(CO1)C2. The summed E-state index contributed by atoms with van der Waals surface area (Å²) >= 11 is 12.6. The Morgan fingerprint density at radius 2 is 2.04 bits per heavy atom. The van der Waals surface area contributed by atoms with Gasteiger partial charge in [-0.3, -0.25) is 4.79 Å². The molecular weight excluding hydrogens is 373 g/mol. The Bertz CT molecular complexity index is 676. The van der Waals surface area contributed by atoms with E-state index in [2.05, 4.69) is 5.32 Å². The molecule has 2 aliphatic rings. The first kappa shape index (κ1) is 19.9. The molecule has 4 nitrogen and oxygen atoms in total. The van der Waals surface area contributed by atoms with Crippen molar-refractivity contribution in [3.8, 4) is 0 Å². The van der Waals surface area contributed by atoms with Crippen molar-refractivity contribution in [3.63, 3.8) is 0 Å². The fourth-order valence-electron chi connectivity index (χ4n) is 3.82. The van der Waals surface area contributed by atoms with Crippen molar-refractivity contribution in [2.45, 2.75) is 70.1 Å². The maximum absolute atomic E-state index is 11.9. The van der Waals surface area contributed by atoms with E-state index in [1.807, 2.05) is 32.9 Å². The summed E-state index contributed by atoms with van der Waals surface area (Å²) in [5.74, 6) is -0.146. The Morgan fingerprint density at radius 1 is 1.31 bits per heavy atom. The van der Waals surface area contributed by atoms with Crippen LogP contribution < -0.4 is 5.32 Å². The molecule has 1 N–H and O–H groups in total. The summed E-state index contributed by atoms with van der Waals surface area (Å²) in [7, 11) is 0. The lowest BCUT2D eigenvalue weighted by molar-refractivity contribution is -0.154. The lowest BCUT2D eigenvalue weighted by Gasteiger charge is -2.30. The zero-order valence-electron chi connectivity index (χ0n) is 15.7. The lowest BCUT2D eigenvalue weighted by Crippen LogP contribution is -2.38. The molecule has 2 saturated heterocycles. The summed E-state index contributed by atoms with van der Waals surface area (Å²) in [4.78, 5) is 11.9. The number of benzene rings is 1. The number of esters is 1. The molecule has 6 heteroatoms. The zero-order chi connectivity index (χ0) is 18.9. The van der Waals surface area contributed by atoms with Crippen LogP contribution in [0.15, 0.2) is 12.1 Å². The van der Waals surface area contributed by atoms with E-state index in [1.165, 1.54) is 0 Å². The van der Waals surface area contributed by atoms with Crippen LogP contribution in [0.4, 0.5) is 0 Å². The minimum Gasteiger partial charge on any atom is -0.460 e. The van der Waals surface area contributed by atoms with E-state index < -0.39 is 5.60 Å². The third-order valence-corrected chi connectivity index (χ3v) is 5.67. The molecular formula is C20H27Cl2NO3. The van der Waals surface area contributed by atoms with E-state index in [1.54, 1.807) is 0 Å². The topological polar surface area (TPSA) is 47.6 Å². The number of hydrogen-bond acceptors (Lipinski definition) is 4. The molecule has 0 radical (unpaired) electrons. The second-order valence-electron chi connectivity index (χ2n) is 8.30. The highest BCUT2D eigenvalue weighted by Gasteiger charge is 2.48. The molecule has 2 unspecified atom stereocenters. The Balaban J connectivity index is 1.64. The summed E-state index contributed by atoms with van der Waals surface area (Å²) in [5.41, 5.74) is 1.57. The fourth-order valence-corrected chi connectivity index (χ4v) is 4.17. The van der Waals surface area contributed by atoms with Gasteiger partial charge in [0, 0.05) is 19.0 Å². The van der Waals surface area contributed by atoms with E-state index in [4.69, 9.17) is 32.7 Å². The number of halogens is 2. The Kier molecular flexibility index (Phi) is 5.88. The number of carbonyl (C=O) groups excluding carboxylic acids is 1. The van der Waals surface area contributed by atoms with Crippen LogP contribution in [0, 0.1) is 0 Å². The summed E-state index contributed by atoms with van der Waals surface area (Å²) in [6, 6.07) is 4.34. The van der Waals surface area contributed by atoms with Gasteiger partial charge in [0.2, 0.25) is 0 Å². The van der Waals surface area contributed by atoms with E-state index in [0.29, 0.717) is 22.5 Å². The molecule has 2 heterocycles.